The predicted octanol–water partition coefficient (Wildman–Crippen LogP) is 1.63. The highest BCUT2D eigenvalue weighted by atomic mass is 19.1. The largest absolute Gasteiger partial charge is 0.491 e. The van der Waals surface area contributed by atoms with Crippen molar-refractivity contribution in [3.63, 3.8) is 0 Å². The zero-order chi connectivity index (χ0) is 16.2. The SMILES string of the molecule is CC(COc1ccc(F)cc1)NC(=O)C1CCc2n[nH]nc2C1. The molecule has 6 nitrogen and oxygen atoms in total. The summed E-state index contributed by atoms with van der Waals surface area (Å²) in [5.41, 5.74) is 1.84. The zero-order valence-corrected chi connectivity index (χ0v) is 12.9. The van der Waals surface area contributed by atoms with Crippen molar-refractivity contribution in [1.29, 1.82) is 0 Å². The van der Waals surface area contributed by atoms with Crippen LogP contribution >= 0.6 is 0 Å². The number of aromatic nitrogens is 3. The normalized spacial score (nSPS) is 18.1. The summed E-state index contributed by atoms with van der Waals surface area (Å²) < 4.78 is 18.4. The number of ether oxygens (including phenoxy) is 1. The van der Waals surface area contributed by atoms with Gasteiger partial charge in [-0.15, -0.1) is 0 Å². The molecule has 0 radical (unpaired) electrons. The van der Waals surface area contributed by atoms with E-state index in [1.165, 1.54) is 12.1 Å². The van der Waals surface area contributed by atoms with E-state index in [4.69, 9.17) is 4.74 Å². The van der Waals surface area contributed by atoms with Gasteiger partial charge in [-0.1, -0.05) is 0 Å². The van der Waals surface area contributed by atoms with Crippen molar-refractivity contribution in [3.05, 3.63) is 41.5 Å². The summed E-state index contributed by atoms with van der Waals surface area (Å²) in [6.07, 6.45) is 2.16. The second-order valence-corrected chi connectivity index (χ2v) is 5.83. The highest BCUT2D eigenvalue weighted by molar-refractivity contribution is 5.79. The van der Waals surface area contributed by atoms with Crippen molar-refractivity contribution in [2.45, 2.75) is 32.2 Å². The lowest BCUT2D eigenvalue weighted by atomic mass is 9.89. The Morgan fingerprint density at radius 1 is 1.39 bits per heavy atom. The van der Waals surface area contributed by atoms with Crippen LogP contribution in [0.5, 0.6) is 5.75 Å². The first kappa shape index (κ1) is 15.5. The molecule has 23 heavy (non-hydrogen) atoms. The van der Waals surface area contributed by atoms with E-state index in [1.807, 2.05) is 6.92 Å². The maximum absolute atomic E-state index is 12.8. The minimum absolute atomic E-state index is 0.00820. The third-order valence-electron chi connectivity index (χ3n) is 3.95. The fraction of sp³-hybridized carbons (Fsp3) is 0.438. The third kappa shape index (κ3) is 3.85. The summed E-state index contributed by atoms with van der Waals surface area (Å²) in [4.78, 5) is 12.3. The lowest BCUT2D eigenvalue weighted by molar-refractivity contribution is -0.126. The van der Waals surface area contributed by atoms with Gasteiger partial charge in [0.05, 0.1) is 17.4 Å². The summed E-state index contributed by atoms with van der Waals surface area (Å²) in [7, 11) is 0. The molecule has 2 atom stereocenters. The molecule has 7 heteroatoms. The fourth-order valence-electron chi connectivity index (χ4n) is 2.66. The van der Waals surface area contributed by atoms with Gasteiger partial charge in [-0.3, -0.25) is 4.79 Å². The first-order valence-electron chi connectivity index (χ1n) is 7.69. The molecular weight excluding hydrogens is 299 g/mol. The quantitative estimate of drug-likeness (QED) is 0.878. The number of nitrogens with one attached hydrogen (secondary N) is 2. The summed E-state index contributed by atoms with van der Waals surface area (Å²) in [5, 5.41) is 13.7. The predicted molar refractivity (Wildman–Crippen MR) is 81.4 cm³/mol. The number of halogens is 1. The number of aryl methyl sites for hydroxylation is 1. The zero-order valence-electron chi connectivity index (χ0n) is 12.9. The van der Waals surface area contributed by atoms with Gasteiger partial charge >= 0.3 is 0 Å². The Hall–Kier alpha value is -2.44. The van der Waals surface area contributed by atoms with Crippen LogP contribution in [-0.4, -0.2) is 34.0 Å². The average molecular weight is 318 g/mol. The van der Waals surface area contributed by atoms with Crippen molar-refractivity contribution in [2.75, 3.05) is 6.61 Å². The van der Waals surface area contributed by atoms with Crippen LogP contribution in [-0.2, 0) is 17.6 Å². The lowest BCUT2D eigenvalue weighted by Gasteiger charge is -2.22. The Bertz CT molecular complexity index is 671. The van der Waals surface area contributed by atoms with Crippen LogP contribution in [0.3, 0.4) is 0 Å². The van der Waals surface area contributed by atoms with Crippen molar-refractivity contribution < 1.29 is 13.9 Å². The second kappa shape index (κ2) is 6.76. The molecule has 0 saturated heterocycles. The molecule has 1 aliphatic rings. The van der Waals surface area contributed by atoms with Gasteiger partial charge in [0.25, 0.3) is 0 Å². The molecule has 0 aliphatic heterocycles. The summed E-state index contributed by atoms with van der Waals surface area (Å²) in [5.74, 6) is 0.204. The van der Waals surface area contributed by atoms with Gasteiger partial charge < -0.3 is 10.1 Å². The van der Waals surface area contributed by atoms with Crippen LogP contribution < -0.4 is 10.1 Å². The number of aromatic amines is 1. The molecule has 1 aromatic carbocycles. The number of benzene rings is 1. The monoisotopic (exact) mass is 318 g/mol. The molecule has 0 saturated carbocycles. The van der Waals surface area contributed by atoms with Crippen LogP contribution in [0.4, 0.5) is 4.39 Å². The van der Waals surface area contributed by atoms with Gasteiger partial charge in [0.2, 0.25) is 5.91 Å². The molecule has 1 amide bonds. The van der Waals surface area contributed by atoms with Crippen molar-refractivity contribution >= 4 is 5.91 Å². The van der Waals surface area contributed by atoms with E-state index in [1.54, 1.807) is 12.1 Å². The van der Waals surface area contributed by atoms with Gasteiger partial charge in [-0.25, -0.2) is 4.39 Å². The summed E-state index contributed by atoms with van der Waals surface area (Å²) in [6, 6.07) is 5.69. The highest BCUT2D eigenvalue weighted by Gasteiger charge is 2.27. The Balaban J connectivity index is 1.47. The van der Waals surface area contributed by atoms with Crippen LogP contribution in [0.2, 0.25) is 0 Å². The molecule has 2 aromatic rings. The maximum Gasteiger partial charge on any atom is 0.223 e. The molecule has 1 heterocycles. The van der Waals surface area contributed by atoms with E-state index in [0.717, 1.165) is 24.2 Å². The molecule has 3 rings (SSSR count). The number of carbonyl (C=O) groups excluding carboxylic acids is 1. The van der Waals surface area contributed by atoms with Crippen LogP contribution in [0.25, 0.3) is 0 Å². The van der Waals surface area contributed by atoms with Gasteiger partial charge in [0.15, 0.2) is 0 Å². The molecule has 0 fully saturated rings. The number of hydrogen-bond acceptors (Lipinski definition) is 4. The van der Waals surface area contributed by atoms with E-state index in [9.17, 15) is 9.18 Å². The minimum atomic E-state index is -0.303. The average Bonchev–Trinajstić information content (AvgIpc) is 3.02. The Morgan fingerprint density at radius 2 is 2.13 bits per heavy atom. The van der Waals surface area contributed by atoms with E-state index in [0.29, 0.717) is 18.8 Å². The number of fused-ring (bicyclic) bond motifs is 1. The summed E-state index contributed by atoms with van der Waals surface area (Å²) >= 11 is 0. The number of H-pyrrole nitrogens is 1. The first-order chi connectivity index (χ1) is 11.1. The third-order valence-corrected chi connectivity index (χ3v) is 3.95. The van der Waals surface area contributed by atoms with Crippen molar-refractivity contribution in [1.82, 2.24) is 20.7 Å². The second-order valence-electron chi connectivity index (χ2n) is 5.83. The fourth-order valence-corrected chi connectivity index (χ4v) is 2.66. The van der Waals surface area contributed by atoms with E-state index in [-0.39, 0.29) is 23.7 Å². The Kier molecular flexibility index (Phi) is 4.55. The Labute approximate surface area is 133 Å². The molecule has 122 valence electrons. The molecule has 0 spiro atoms. The van der Waals surface area contributed by atoms with E-state index < -0.39 is 0 Å². The Morgan fingerprint density at radius 3 is 2.91 bits per heavy atom. The first-order valence-corrected chi connectivity index (χ1v) is 7.69. The summed E-state index contributed by atoms with van der Waals surface area (Å²) in [6.45, 7) is 2.21. The van der Waals surface area contributed by atoms with Crippen molar-refractivity contribution in [3.8, 4) is 5.75 Å². The molecule has 2 unspecified atom stereocenters. The number of carbonyl (C=O) groups is 1. The molecule has 1 aliphatic carbocycles. The van der Waals surface area contributed by atoms with E-state index >= 15 is 0 Å². The van der Waals surface area contributed by atoms with Gasteiger partial charge in [-0.05, 0) is 44.0 Å². The van der Waals surface area contributed by atoms with E-state index in [2.05, 4.69) is 20.7 Å². The molecule has 1 aromatic heterocycles. The number of nitrogens with zero attached hydrogens (tertiary/aromatic N) is 2. The lowest BCUT2D eigenvalue weighted by Crippen LogP contribution is -2.42. The molecule has 0 bridgehead atoms. The van der Waals surface area contributed by atoms with Gasteiger partial charge in [0.1, 0.15) is 18.2 Å². The standard InChI is InChI=1S/C16H19FN4O2/c1-10(9-23-13-5-3-12(17)4-6-13)18-16(22)11-2-7-14-15(8-11)20-21-19-14/h3-6,10-11H,2,7-9H2,1H3,(H,18,22)(H,19,20,21). The number of amides is 1. The smallest absolute Gasteiger partial charge is 0.223 e. The topological polar surface area (TPSA) is 79.9 Å². The van der Waals surface area contributed by atoms with Crippen LogP contribution in [0.15, 0.2) is 24.3 Å². The maximum atomic E-state index is 12.8. The number of rotatable bonds is 5. The van der Waals surface area contributed by atoms with Crippen molar-refractivity contribution in [2.24, 2.45) is 5.92 Å². The molecular formula is C16H19FN4O2. The minimum Gasteiger partial charge on any atom is -0.491 e. The molecule has 2 N–H and O–H groups in total. The van der Waals surface area contributed by atoms with Gasteiger partial charge in [0, 0.05) is 12.3 Å². The van der Waals surface area contributed by atoms with Crippen LogP contribution in [0.1, 0.15) is 24.7 Å². The van der Waals surface area contributed by atoms with Crippen LogP contribution in [0, 0.1) is 11.7 Å². The van der Waals surface area contributed by atoms with Gasteiger partial charge in [-0.2, -0.15) is 15.4 Å². The highest BCUT2D eigenvalue weighted by Crippen LogP contribution is 2.22. The number of hydrogen-bond donors (Lipinski definition) is 2.